The highest BCUT2D eigenvalue weighted by Gasteiger charge is 2.15. The minimum atomic E-state index is -0.173. The second-order valence-corrected chi connectivity index (χ2v) is 7.26. The van der Waals surface area contributed by atoms with Crippen LogP contribution in [-0.2, 0) is 12.8 Å². The second-order valence-electron chi connectivity index (χ2n) is 6.44. The van der Waals surface area contributed by atoms with Gasteiger partial charge in [0.15, 0.2) is 5.78 Å². The molecule has 9 heteroatoms. The number of hydrogen-bond acceptors (Lipinski definition) is 7. The Kier molecular flexibility index (Phi) is 7.57. The zero-order chi connectivity index (χ0) is 21.5. The first-order chi connectivity index (χ1) is 14.5. The average molecular weight is 446 g/mol. The maximum Gasteiger partial charge on any atom is 0.224 e. The number of aryl methyl sites for hydroxylation is 1. The number of aromatic nitrogens is 3. The van der Waals surface area contributed by atoms with Crippen molar-refractivity contribution < 1.29 is 9.90 Å². The van der Waals surface area contributed by atoms with Gasteiger partial charge in [-0.3, -0.25) is 4.79 Å². The number of rotatable bonds is 9. The number of Topliss-reactive ketones (excluding diaryl/α,β-unsaturated/α-hetero) is 1. The van der Waals surface area contributed by atoms with E-state index in [0.29, 0.717) is 39.7 Å². The summed E-state index contributed by atoms with van der Waals surface area (Å²) in [7, 11) is 0. The van der Waals surface area contributed by atoms with Crippen molar-refractivity contribution in [2.24, 2.45) is 0 Å². The third-order valence-corrected chi connectivity index (χ3v) is 4.85. The number of carbonyl (C=O) groups excluding carboxylic acids is 1. The molecule has 0 saturated carbocycles. The van der Waals surface area contributed by atoms with Gasteiger partial charge in [-0.2, -0.15) is 4.98 Å². The molecule has 0 spiro atoms. The van der Waals surface area contributed by atoms with Crippen LogP contribution >= 0.6 is 23.2 Å². The first-order valence-electron chi connectivity index (χ1n) is 9.42. The van der Waals surface area contributed by atoms with E-state index in [9.17, 15) is 4.79 Å². The Morgan fingerprint density at radius 2 is 1.87 bits per heavy atom. The highest BCUT2D eigenvalue weighted by molar-refractivity contribution is 6.39. The van der Waals surface area contributed by atoms with E-state index in [1.54, 1.807) is 36.5 Å². The molecule has 1 aromatic carbocycles. The number of carbonyl (C=O) groups is 1. The van der Waals surface area contributed by atoms with E-state index in [1.807, 2.05) is 13.0 Å². The number of hydrogen-bond donors (Lipinski definition) is 3. The van der Waals surface area contributed by atoms with Gasteiger partial charge in [0, 0.05) is 30.9 Å². The molecule has 156 valence electrons. The van der Waals surface area contributed by atoms with Crippen LogP contribution in [-0.4, -0.2) is 39.0 Å². The summed E-state index contributed by atoms with van der Waals surface area (Å²) in [5.41, 5.74) is 1.92. The molecule has 0 amide bonds. The first kappa shape index (κ1) is 22.0. The smallest absolute Gasteiger partial charge is 0.224 e. The Morgan fingerprint density at radius 3 is 2.57 bits per heavy atom. The SMILES string of the molecule is CCc1cc(Nc2cc(CC(=O)c3c(Cl)cccc3Cl)ccn2)nc(NCCO)n1. The number of nitrogens with one attached hydrogen (secondary N) is 2. The number of pyridine rings is 1. The normalized spacial score (nSPS) is 10.7. The van der Waals surface area contributed by atoms with Crippen molar-refractivity contribution in [2.75, 3.05) is 23.8 Å². The van der Waals surface area contributed by atoms with Gasteiger partial charge in [0.1, 0.15) is 11.6 Å². The molecule has 2 heterocycles. The minimum Gasteiger partial charge on any atom is -0.395 e. The molecule has 30 heavy (non-hydrogen) atoms. The summed E-state index contributed by atoms with van der Waals surface area (Å²) in [6, 6.07) is 10.3. The van der Waals surface area contributed by atoms with Gasteiger partial charge in [0.2, 0.25) is 5.95 Å². The number of aliphatic hydroxyl groups excluding tert-OH is 1. The van der Waals surface area contributed by atoms with E-state index in [4.69, 9.17) is 28.3 Å². The highest BCUT2D eigenvalue weighted by atomic mass is 35.5. The quantitative estimate of drug-likeness (QED) is 0.421. The van der Waals surface area contributed by atoms with Crippen molar-refractivity contribution in [3.63, 3.8) is 0 Å². The minimum absolute atomic E-state index is 0.0183. The van der Waals surface area contributed by atoms with Gasteiger partial charge in [-0.05, 0) is 36.2 Å². The van der Waals surface area contributed by atoms with Crippen molar-refractivity contribution in [3.8, 4) is 0 Å². The Morgan fingerprint density at radius 1 is 1.10 bits per heavy atom. The van der Waals surface area contributed by atoms with Crippen LogP contribution in [0.3, 0.4) is 0 Å². The van der Waals surface area contributed by atoms with Crippen LogP contribution in [0.4, 0.5) is 17.6 Å². The number of aliphatic hydroxyl groups is 1. The van der Waals surface area contributed by atoms with Crippen LogP contribution in [0.5, 0.6) is 0 Å². The summed E-state index contributed by atoms with van der Waals surface area (Å²) < 4.78 is 0. The molecule has 0 saturated heterocycles. The third kappa shape index (κ3) is 5.66. The lowest BCUT2D eigenvalue weighted by molar-refractivity contribution is 0.0993. The number of anilines is 3. The molecule has 0 bridgehead atoms. The maximum atomic E-state index is 12.7. The van der Waals surface area contributed by atoms with E-state index in [0.717, 1.165) is 17.7 Å². The average Bonchev–Trinajstić information content (AvgIpc) is 2.72. The van der Waals surface area contributed by atoms with Gasteiger partial charge >= 0.3 is 0 Å². The molecule has 0 atom stereocenters. The molecule has 0 aliphatic carbocycles. The Balaban J connectivity index is 1.78. The predicted molar refractivity (Wildman–Crippen MR) is 119 cm³/mol. The summed E-state index contributed by atoms with van der Waals surface area (Å²) in [6.45, 7) is 2.33. The van der Waals surface area contributed by atoms with Gasteiger partial charge < -0.3 is 15.7 Å². The highest BCUT2D eigenvalue weighted by Crippen LogP contribution is 2.26. The zero-order valence-corrected chi connectivity index (χ0v) is 17.8. The Bertz CT molecular complexity index is 1030. The van der Waals surface area contributed by atoms with Gasteiger partial charge in [-0.15, -0.1) is 0 Å². The van der Waals surface area contributed by atoms with Crippen LogP contribution < -0.4 is 10.6 Å². The Labute approximate surface area is 184 Å². The van der Waals surface area contributed by atoms with E-state index >= 15 is 0 Å². The van der Waals surface area contributed by atoms with Crippen LogP contribution in [0.15, 0.2) is 42.6 Å². The van der Waals surface area contributed by atoms with Crippen molar-refractivity contribution >= 4 is 46.6 Å². The van der Waals surface area contributed by atoms with Crippen LogP contribution in [0.1, 0.15) is 28.5 Å². The molecular formula is C21H21Cl2N5O2. The third-order valence-electron chi connectivity index (χ3n) is 4.22. The summed E-state index contributed by atoms with van der Waals surface area (Å²) >= 11 is 12.3. The molecule has 3 aromatic rings. The van der Waals surface area contributed by atoms with Crippen molar-refractivity contribution in [1.29, 1.82) is 0 Å². The maximum absolute atomic E-state index is 12.7. The molecule has 3 N–H and O–H groups in total. The molecule has 0 aliphatic heterocycles. The fraction of sp³-hybridized carbons (Fsp3) is 0.238. The topological polar surface area (TPSA) is 100 Å². The van der Waals surface area contributed by atoms with Crippen molar-refractivity contribution in [2.45, 2.75) is 19.8 Å². The van der Waals surface area contributed by atoms with E-state index < -0.39 is 0 Å². The van der Waals surface area contributed by atoms with Crippen molar-refractivity contribution in [1.82, 2.24) is 15.0 Å². The van der Waals surface area contributed by atoms with Gasteiger partial charge in [-0.25, -0.2) is 9.97 Å². The second kappa shape index (κ2) is 10.3. The lowest BCUT2D eigenvalue weighted by atomic mass is 10.0. The fourth-order valence-corrected chi connectivity index (χ4v) is 3.42. The molecular weight excluding hydrogens is 425 g/mol. The molecule has 2 aromatic heterocycles. The monoisotopic (exact) mass is 445 g/mol. The standard InChI is InChI=1S/C21H21Cl2N5O2/c1-2-14-12-19(28-21(26-14)25-8-9-29)27-18-11-13(6-7-24-18)10-17(30)20-15(22)4-3-5-16(20)23/h3-7,11-12,29H,2,8-10H2,1H3,(H2,24,25,26,27,28). The Hall–Kier alpha value is -2.74. The number of halogens is 2. The number of ketones is 1. The van der Waals surface area contributed by atoms with E-state index in [-0.39, 0.29) is 18.8 Å². The molecule has 3 rings (SSSR count). The molecule has 0 radical (unpaired) electrons. The summed E-state index contributed by atoms with van der Waals surface area (Å²) in [5, 5.41) is 15.8. The van der Waals surface area contributed by atoms with Crippen LogP contribution in [0.25, 0.3) is 0 Å². The van der Waals surface area contributed by atoms with E-state index in [1.165, 1.54) is 0 Å². The molecule has 0 fully saturated rings. The molecule has 7 nitrogen and oxygen atoms in total. The number of nitrogens with zero attached hydrogens (tertiary/aromatic N) is 3. The van der Waals surface area contributed by atoms with Gasteiger partial charge in [0.05, 0.1) is 22.2 Å². The van der Waals surface area contributed by atoms with Gasteiger partial charge in [-0.1, -0.05) is 36.2 Å². The van der Waals surface area contributed by atoms with Crippen LogP contribution in [0, 0.1) is 0 Å². The summed E-state index contributed by atoms with van der Waals surface area (Å²) in [4.78, 5) is 25.8. The molecule has 0 aliphatic rings. The summed E-state index contributed by atoms with van der Waals surface area (Å²) in [6.07, 6.45) is 2.48. The predicted octanol–water partition coefficient (Wildman–Crippen LogP) is 4.31. The van der Waals surface area contributed by atoms with Crippen LogP contribution in [0.2, 0.25) is 10.0 Å². The van der Waals surface area contributed by atoms with Gasteiger partial charge in [0.25, 0.3) is 0 Å². The number of benzene rings is 1. The summed E-state index contributed by atoms with van der Waals surface area (Å²) in [5.74, 6) is 1.35. The van der Waals surface area contributed by atoms with E-state index in [2.05, 4.69) is 25.6 Å². The lowest BCUT2D eigenvalue weighted by Gasteiger charge is -2.11. The lowest BCUT2D eigenvalue weighted by Crippen LogP contribution is -2.11. The largest absolute Gasteiger partial charge is 0.395 e. The van der Waals surface area contributed by atoms with Crippen molar-refractivity contribution in [3.05, 3.63) is 69.5 Å². The first-order valence-corrected chi connectivity index (χ1v) is 10.2. The molecule has 0 unspecified atom stereocenters. The zero-order valence-electron chi connectivity index (χ0n) is 16.3. The fourth-order valence-electron chi connectivity index (χ4n) is 2.81.